The smallest absolute Gasteiger partial charge is 0.339 e. The van der Waals surface area contributed by atoms with Gasteiger partial charge >= 0.3 is 11.9 Å². The molecule has 6 rings (SSSR count). The lowest BCUT2D eigenvalue weighted by atomic mass is 9.52. The number of esters is 2. The third kappa shape index (κ3) is 11.3. The Bertz CT molecular complexity index is 1700. The van der Waals surface area contributed by atoms with Gasteiger partial charge in [0.25, 0.3) is 0 Å². The molecule has 1 aromatic carbocycles. The highest BCUT2D eigenvalue weighted by Gasteiger charge is 2.56. The molecule has 0 radical (unpaired) electrons. The molecule has 10 heteroatoms. The Kier molecular flexibility index (Phi) is 14.6. The Morgan fingerprint density at radius 1 is 0.983 bits per heavy atom. The number of ether oxygens (including phenoxy) is 5. The fourth-order valence-electron chi connectivity index (χ4n) is 10.2. The molecule has 0 aromatic heterocycles. The van der Waals surface area contributed by atoms with Gasteiger partial charge in [0.05, 0.1) is 29.9 Å². The summed E-state index contributed by atoms with van der Waals surface area (Å²) in [7, 11) is 0. The van der Waals surface area contributed by atoms with Gasteiger partial charge in [-0.1, -0.05) is 83.2 Å². The van der Waals surface area contributed by atoms with Crippen LogP contribution in [0.25, 0.3) is 6.08 Å². The third-order valence-corrected chi connectivity index (χ3v) is 13.6. The van der Waals surface area contributed by atoms with E-state index in [0.29, 0.717) is 35.8 Å². The average Bonchev–Trinajstić information content (AvgIpc) is 3.65. The minimum Gasteiger partial charge on any atom is -0.460 e. The SMILES string of the molecule is CCCCCC1(CCCCC)OC2C=C(C(=O)NC(CO)CCC(=O)OC(C)(C)C)CC(OC(=O)c3ccccc3C=C3CCC4OC4(C)CCC4C3CC4(C)C)C2O1. The van der Waals surface area contributed by atoms with Gasteiger partial charge in [-0.15, -0.1) is 0 Å². The number of nitrogens with one attached hydrogen (secondary N) is 1. The number of amides is 1. The van der Waals surface area contributed by atoms with Crippen molar-refractivity contribution in [1.29, 1.82) is 0 Å². The van der Waals surface area contributed by atoms with Crippen LogP contribution in [0.5, 0.6) is 0 Å². The van der Waals surface area contributed by atoms with Crippen LogP contribution in [0.15, 0.2) is 41.5 Å². The lowest BCUT2D eigenvalue weighted by Crippen LogP contribution is -2.45. The maximum absolute atomic E-state index is 14.5. The van der Waals surface area contributed by atoms with Gasteiger partial charge in [-0.2, -0.15) is 0 Å². The molecule has 1 aromatic rings. The van der Waals surface area contributed by atoms with Crippen molar-refractivity contribution >= 4 is 23.9 Å². The average molecular weight is 820 g/mol. The zero-order valence-electron chi connectivity index (χ0n) is 37.2. The number of hydrogen-bond acceptors (Lipinski definition) is 9. The van der Waals surface area contributed by atoms with Gasteiger partial charge in [-0.05, 0) is 114 Å². The second-order valence-corrected chi connectivity index (χ2v) is 20.0. The number of epoxide rings is 1. The van der Waals surface area contributed by atoms with Crippen LogP contribution >= 0.6 is 0 Å². The number of carbonyl (C=O) groups excluding carboxylic acids is 3. The summed E-state index contributed by atoms with van der Waals surface area (Å²) in [6.45, 7) is 16.4. The van der Waals surface area contributed by atoms with Gasteiger partial charge in [0.1, 0.15) is 23.9 Å². The molecule has 2 aliphatic heterocycles. The van der Waals surface area contributed by atoms with E-state index in [-0.39, 0.29) is 43.0 Å². The molecule has 2 heterocycles. The molecule has 8 atom stereocenters. The number of unbranched alkanes of at least 4 members (excludes halogenated alkanes) is 4. The first-order valence-electron chi connectivity index (χ1n) is 22.9. The van der Waals surface area contributed by atoms with Crippen LogP contribution < -0.4 is 5.32 Å². The van der Waals surface area contributed by atoms with E-state index in [1.54, 1.807) is 20.8 Å². The zero-order chi connectivity index (χ0) is 42.6. The van der Waals surface area contributed by atoms with Crippen LogP contribution in [0.1, 0.15) is 174 Å². The Hall–Kier alpha value is -3.05. The van der Waals surface area contributed by atoms with E-state index in [4.69, 9.17) is 23.7 Å². The van der Waals surface area contributed by atoms with E-state index < -0.39 is 53.6 Å². The van der Waals surface area contributed by atoms with E-state index >= 15 is 0 Å². The van der Waals surface area contributed by atoms with E-state index in [9.17, 15) is 19.5 Å². The van der Waals surface area contributed by atoms with Crippen LogP contribution in [-0.4, -0.2) is 77.0 Å². The predicted molar refractivity (Wildman–Crippen MR) is 228 cm³/mol. The van der Waals surface area contributed by atoms with Crippen LogP contribution in [0.2, 0.25) is 0 Å². The fraction of sp³-hybridized carbons (Fsp3) is 0.735. The third-order valence-electron chi connectivity index (χ3n) is 13.6. The number of aliphatic hydroxyl groups excluding tert-OH is 1. The molecule has 0 spiro atoms. The van der Waals surface area contributed by atoms with Crippen LogP contribution in [0.4, 0.5) is 0 Å². The Labute approximate surface area is 353 Å². The van der Waals surface area contributed by atoms with Crippen molar-refractivity contribution in [3.63, 3.8) is 0 Å². The molecule has 10 nitrogen and oxygen atoms in total. The van der Waals surface area contributed by atoms with Crippen molar-refractivity contribution in [3.8, 4) is 0 Å². The van der Waals surface area contributed by atoms with E-state index in [1.807, 2.05) is 30.3 Å². The minimum atomic E-state index is -0.846. The standard InChI is InChI=1S/C49H73NO9/c1-9-11-15-24-49(25-16-12-10-2)56-40-29-34(44(53)50-35(31-51)20-22-42(52)58-46(3,4)5)28-39(43(40)59-49)55-45(54)36-18-14-13-17-32(36)27-33-19-21-41-48(8,57-41)26-23-38-37(33)30-47(38,6)7/h13-14,17-18,27,29,35,37-41,43,51H,9-12,15-16,19-26,28,30-31H2,1-8H3,(H,50,53). The summed E-state index contributed by atoms with van der Waals surface area (Å²) in [5.41, 5.74) is 2.73. The molecule has 1 amide bonds. The lowest BCUT2D eigenvalue weighted by Gasteiger charge is -2.53. The highest BCUT2D eigenvalue weighted by molar-refractivity contribution is 5.95. The first kappa shape index (κ1) is 45.5. The van der Waals surface area contributed by atoms with Gasteiger partial charge in [-0.3, -0.25) is 9.59 Å². The van der Waals surface area contributed by atoms with Gasteiger partial charge in [0, 0.05) is 31.3 Å². The van der Waals surface area contributed by atoms with Crippen molar-refractivity contribution < 1.29 is 43.2 Å². The van der Waals surface area contributed by atoms with Crippen LogP contribution in [0.3, 0.4) is 0 Å². The van der Waals surface area contributed by atoms with Gasteiger partial charge in [0.15, 0.2) is 5.79 Å². The van der Waals surface area contributed by atoms with Gasteiger partial charge in [0.2, 0.25) is 5.91 Å². The highest BCUT2D eigenvalue weighted by Crippen LogP contribution is 2.60. The summed E-state index contributed by atoms with van der Waals surface area (Å²) in [4.78, 5) is 40.9. The number of benzene rings is 1. The normalized spacial score (nSPS) is 30.5. The molecule has 8 unspecified atom stereocenters. The second kappa shape index (κ2) is 18.9. The molecule has 5 aliphatic rings. The zero-order valence-corrected chi connectivity index (χ0v) is 37.2. The number of rotatable bonds is 17. The van der Waals surface area contributed by atoms with Gasteiger partial charge in [-0.25, -0.2) is 4.79 Å². The summed E-state index contributed by atoms with van der Waals surface area (Å²) < 4.78 is 31.9. The number of allylic oxidation sites excluding steroid dienone is 1. The predicted octanol–water partition coefficient (Wildman–Crippen LogP) is 9.56. The molecule has 2 saturated carbocycles. The topological polar surface area (TPSA) is 133 Å². The molecular weight excluding hydrogens is 747 g/mol. The van der Waals surface area contributed by atoms with E-state index in [0.717, 1.165) is 76.2 Å². The molecule has 2 N–H and O–H groups in total. The lowest BCUT2D eigenvalue weighted by molar-refractivity contribution is -0.190. The molecule has 2 saturated heterocycles. The molecule has 0 bridgehead atoms. The highest BCUT2D eigenvalue weighted by atomic mass is 16.8. The second-order valence-electron chi connectivity index (χ2n) is 20.0. The quantitative estimate of drug-likeness (QED) is 0.0896. The van der Waals surface area contributed by atoms with Crippen LogP contribution in [0, 0.1) is 17.3 Å². The summed E-state index contributed by atoms with van der Waals surface area (Å²) in [5, 5.41) is 13.1. The molecule has 3 aliphatic carbocycles. The summed E-state index contributed by atoms with van der Waals surface area (Å²) in [6, 6.07) is 7.01. The Morgan fingerprint density at radius 2 is 1.69 bits per heavy atom. The first-order chi connectivity index (χ1) is 28.0. The molecular formula is C49H73NO9. The van der Waals surface area contributed by atoms with E-state index in [1.165, 1.54) is 5.57 Å². The van der Waals surface area contributed by atoms with Crippen molar-refractivity contribution in [3.05, 3.63) is 52.6 Å². The number of fused-ring (bicyclic) bond motifs is 3. The van der Waals surface area contributed by atoms with Crippen molar-refractivity contribution in [2.24, 2.45) is 17.3 Å². The summed E-state index contributed by atoms with van der Waals surface area (Å²) in [6.07, 6.45) is 15.5. The summed E-state index contributed by atoms with van der Waals surface area (Å²) in [5.74, 6) is -1.05. The monoisotopic (exact) mass is 820 g/mol. The van der Waals surface area contributed by atoms with Gasteiger partial charge < -0.3 is 34.1 Å². The van der Waals surface area contributed by atoms with Crippen molar-refractivity contribution in [2.45, 2.75) is 206 Å². The number of carbonyl (C=O) groups is 3. The number of hydrogen-bond donors (Lipinski definition) is 2. The maximum Gasteiger partial charge on any atom is 0.339 e. The van der Waals surface area contributed by atoms with Crippen molar-refractivity contribution in [2.75, 3.05) is 6.61 Å². The molecule has 59 heavy (non-hydrogen) atoms. The maximum atomic E-state index is 14.5. The minimum absolute atomic E-state index is 0.00978. The van der Waals surface area contributed by atoms with Crippen molar-refractivity contribution in [1.82, 2.24) is 5.32 Å². The molecule has 4 fully saturated rings. The molecule has 328 valence electrons. The largest absolute Gasteiger partial charge is 0.460 e. The Balaban J connectivity index is 1.24. The van der Waals surface area contributed by atoms with Crippen LogP contribution in [-0.2, 0) is 33.3 Å². The first-order valence-corrected chi connectivity index (χ1v) is 22.9. The van der Waals surface area contributed by atoms with E-state index in [2.05, 4.69) is 46.0 Å². The number of aliphatic hydroxyl groups is 1. The fourth-order valence-corrected chi connectivity index (χ4v) is 10.2. The Morgan fingerprint density at radius 3 is 2.36 bits per heavy atom. The summed E-state index contributed by atoms with van der Waals surface area (Å²) >= 11 is 0.